The Morgan fingerprint density at radius 3 is 3.06 bits per heavy atom. The third kappa shape index (κ3) is 3.59. The number of nitrogens with zero attached hydrogens (tertiary/aromatic N) is 2. The van der Waals surface area contributed by atoms with Crippen LogP contribution in [0.2, 0.25) is 0 Å². The molecule has 2 N–H and O–H groups in total. The molecule has 7 nitrogen and oxygen atoms in total. The Labute approximate surface area is 92.8 Å². The van der Waals surface area contributed by atoms with Crippen molar-refractivity contribution in [3.63, 3.8) is 0 Å². The molecule has 1 atom stereocenters. The molecule has 0 bridgehead atoms. The molecule has 90 valence electrons. The summed E-state index contributed by atoms with van der Waals surface area (Å²) >= 11 is 0. The lowest BCUT2D eigenvalue weighted by Crippen LogP contribution is -2.46. The summed E-state index contributed by atoms with van der Waals surface area (Å²) in [7, 11) is 1.23. The summed E-state index contributed by atoms with van der Waals surface area (Å²) in [5.74, 6) is -0.0928. The standard InChI is InChI=1S/C9H15N3O4/c1-9(14,8(13)15-2)5-10-4-3-7-11-6-16-12-7/h6,10,14H,3-5H2,1-2H3. The summed E-state index contributed by atoms with van der Waals surface area (Å²) in [6, 6.07) is 0. The average Bonchev–Trinajstić information content (AvgIpc) is 2.76. The van der Waals surface area contributed by atoms with Crippen LogP contribution in [0.5, 0.6) is 0 Å². The minimum Gasteiger partial charge on any atom is -0.467 e. The van der Waals surface area contributed by atoms with Gasteiger partial charge in [-0.05, 0) is 6.92 Å². The number of hydrogen-bond donors (Lipinski definition) is 2. The van der Waals surface area contributed by atoms with Crippen molar-refractivity contribution in [2.75, 3.05) is 20.2 Å². The lowest BCUT2D eigenvalue weighted by atomic mass is 10.1. The van der Waals surface area contributed by atoms with Gasteiger partial charge in [0.1, 0.15) is 0 Å². The van der Waals surface area contributed by atoms with E-state index >= 15 is 0 Å². The molecule has 0 spiro atoms. The van der Waals surface area contributed by atoms with Crippen molar-refractivity contribution in [3.8, 4) is 0 Å². The minimum atomic E-state index is -1.52. The van der Waals surface area contributed by atoms with Gasteiger partial charge in [-0.2, -0.15) is 4.98 Å². The molecule has 1 heterocycles. The fraction of sp³-hybridized carbons (Fsp3) is 0.667. The summed E-state index contributed by atoms with van der Waals surface area (Å²) < 4.78 is 9.01. The quantitative estimate of drug-likeness (QED) is 0.483. The van der Waals surface area contributed by atoms with Crippen LogP contribution in [0.4, 0.5) is 0 Å². The molecular formula is C9H15N3O4. The third-order valence-corrected chi connectivity index (χ3v) is 2.03. The van der Waals surface area contributed by atoms with Gasteiger partial charge < -0.3 is 19.7 Å². The van der Waals surface area contributed by atoms with Crippen molar-refractivity contribution < 1.29 is 19.2 Å². The van der Waals surface area contributed by atoms with Crippen molar-refractivity contribution in [1.29, 1.82) is 0 Å². The summed E-state index contributed by atoms with van der Waals surface area (Å²) in [6.07, 6.45) is 1.81. The fourth-order valence-corrected chi connectivity index (χ4v) is 1.13. The van der Waals surface area contributed by atoms with E-state index in [0.29, 0.717) is 18.8 Å². The van der Waals surface area contributed by atoms with Gasteiger partial charge in [0.2, 0.25) is 6.39 Å². The zero-order valence-electron chi connectivity index (χ0n) is 9.27. The Balaban J connectivity index is 2.22. The normalized spacial score (nSPS) is 14.4. The first-order valence-electron chi connectivity index (χ1n) is 4.83. The Kier molecular flexibility index (Phi) is 4.39. The lowest BCUT2D eigenvalue weighted by Gasteiger charge is -2.20. The van der Waals surface area contributed by atoms with Gasteiger partial charge in [-0.25, -0.2) is 4.79 Å². The van der Waals surface area contributed by atoms with Crippen molar-refractivity contribution in [2.24, 2.45) is 0 Å². The molecule has 0 radical (unpaired) electrons. The van der Waals surface area contributed by atoms with E-state index in [1.54, 1.807) is 0 Å². The number of hydrogen-bond acceptors (Lipinski definition) is 7. The number of rotatable bonds is 6. The van der Waals surface area contributed by atoms with E-state index in [1.165, 1.54) is 20.4 Å². The van der Waals surface area contributed by atoms with Crippen LogP contribution in [0, 0.1) is 0 Å². The number of nitrogens with one attached hydrogen (secondary N) is 1. The van der Waals surface area contributed by atoms with Crippen LogP contribution in [0.1, 0.15) is 12.7 Å². The second kappa shape index (κ2) is 5.57. The molecule has 0 aliphatic heterocycles. The summed E-state index contributed by atoms with van der Waals surface area (Å²) in [4.78, 5) is 14.9. The van der Waals surface area contributed by atoms with Crippen LogP contribution in [0.3, 0.4) is 0 Å². The zero-order chi connectivity index (χ0) is 12.0. The van der Waals surface area contributed by atoms with Gasteiger partial charge in [-0.3, -0.25) is 0 Å². The van der Waals surface area contributed by atoms with Crippen LogP contribution in [0.15, 0.2) is 10.9 Å². The number of methoxy groups -OCH3 is 1. The van der Waals surface area contributed by atoms with Crippen LogP contribution >= 0.6 is 0 Å². The van der Waals surface area contributed by atoms with Gasteiger partial charge in [0.15, 0.2) is 11.4 Å². The molecule has 0 aromatic carbocycles. The highest BCUT2D eigenvalue weighted by molar-refractivity contribution is 5.78. The van der Waals surface area contributed by atoms with E-state index in [0.717, 1.165) is 0 Å². The molecule has 0 fully saturated rings. The first-order valence-corrected chi connectivity index (χ1v) is 4.83. The van der Waals surface area contributed by atoms with Gasteiger partial charge in [0.05, 0.1) is 7.11 Å². The minimum absolute atomic E-state index is 0.109. The number of carbonyl (C=O) groups excluding carboxylic acids is 1. The van der Waals surface area contributed by atoms with E-state index in [-0.39, 0.29) is 6.54 Å². The number of esters is 1. The van der Waals surface area contributed by atoms with E-state index in [4.69, 9.17) is 0 Å². The van der Waals surface area contributed by atoms with Gasteiger partial charge in [-0.15, -0.1) is 0 Å². The average molecular weight is 229 g/mol. The van der Waals surface area contributed by atoms with Crippen LogP contribution < -0.4 is 5.32 Å². The van der Waals surface area contributed by atoms with E-state index in [1.807, 2.05) is 0 Å². The monoisotopic (exact) mass is 229 g/mol. The lowest BCUT2D eigenvalue weighted by molar-refractivity contribution is -0.159. The maximum Gasteiger partial charge on any atom is 0.338 e. The van der Waals surface area contributed by atoms with Gasteiger partial charge in [-0.1, -0.05) is 5.16 Å². The van der Waals surface area contributed by atoms with Crippen molar-refractivity contribution >= 4 is 5.97 Å². The highest BCUT2D eigenvalue weighted by Crippen LogP contribution is 2.03. The van der Waals surface area contributed by atoms with Crippen molar-refractivity contribution in [1.82, 2.24) is 15.5 Å². The predicted molar refractivity (Wildman–Crippen MR) is 53.5 cm³/mol. The molecule has 0 aliphatic rings. The predicted octanol–water partition coefficient (Wildman–Crippen LogP) is -0.874. The van der Waals surface area contributed by atoms with E-state index in [2.05, 4.69) is 24.7 Å². The second-order valence-corrected chi connectivity index (χ2v) is 3.54. The third-order valence-electron chi connectivity index (χ3n) is 2.03. The Morgan fingerprint density at radius 1 is 1.75 bits per heavy atom. The molecule has 0 saturated carbocycles. The maximum atomic E-state index is 11.1. The number of ether oxygens (including phenoxy) is 1. The van der Waals surface area contributed by atoms with Crippen LogP contribution in [0.25, 0.3) is 0 Å². The first-order chi connectivity index (χ1) is 7.56. The Hall–Kier alpha value is -1.47. The van der Waals surface area contributed by atoms with Gasteiger partial charge >= 0.3 is 5.97 Å². The molecule has 0 aliphatic carbocycles. The molecule has 0 saturated heterocycles. The zero-order valence-corrected chi connectivity index (χ0v) is 9.27. The fourth-order valence-electron chi connectivity index (χ4n) is 1.13. The van der Waals surface area contributed by atoms with Crippen molar-refractivity contribution in [2.45, 2.75) is 18.9 Å². The molecule has 16 heavy (non-hydrogen) atoms. The topological polar surface area (TPSA) is 97.5 Å². The maximum absolute atomic E-state index is 11.1. The van der Waals surface area contributed by atoms with Gasteiger partial charge in [0.25, 0.3) is 0 Å². The molecule has 1 unspecified atom stereocenters. The Morgan fingerprint density at radius 2 is 2.50 bits per heavy atom. The largest absolute Gasteiger partial charge is 0.467 e. The molecule has 1 aromatic rings. The Bertz CT molecular complexity index is 324. The molecule has 7 heteroatoms. The summed E-state index contributed by atoms with van der Waals surface area (Å²) in [5.41, 5.74) is -1.52. The SMILES string of the molecule is COC(=O)C(C)(O)CNCCc1ncon1. The molecule has 1 rings (SSSR count). The number of aromatic nitrogens is 2. The number of aliphatic hydroxyl groups is 1. The summed E-state index contributed by atoms with van der Waals surface area (Å²) in [6.45, 7) is 2.03. The highest BCUT2D eigenvalue weighted by atomic mass is 16.5. The summed E-state index contributed by atoms with van der Waals surface area (Å²) in [5, 5.41) is 16.2. The first kappa shape index (κ1) is 12.6. The molecule has 0 amide bonds. The smallest absolute Gasteiger partial charge is 0.338 e. The second-order valence-electron chi connectivity index (χ2n) is 3.54. The van der Waals surface area contributed by atoms with Gasteiger partial charge in [0, 0.05) is 19.5 Å². The van der Waals surface area contributed by atoms with Crippen LogP contribution in [-0.4, -0.2) is 47.0 Å². The number of carbonyl (C=O) groups is 1. The van der Waals surface area contributed by atoms with Crippen molar-refractivity contribution in [3.05, 3.63) is 12.2 Å². The van der Waals surface area contributed by atoms with Crippen LogP contribution in [-0.2, 0) is 16.0 Å². The molecular weight excluding hydrogens is 214 g/mol. The highest BCUT2D eigenvalue weighted by Gasteiger charge is 2.30. The van der Waals surface area contributed by atoms with E-state index in [9.17, 15) is 9.90 Å². The molecule has 1 aromatic heterocycles. The van der Waals surface area contributed by atoms with E-state index < -0.39 is 11.6 Å².